The number of nitrogens with zero attached hydrogens (tertiary/aromatic N) is 1. The van der Waals surface area contributed by atoms with Crippen LogP contribution in [0.1, 0.15) is 51.0 Å². The van der Waals surface area contributed by atoms with Crippen molar-refractivity contribution in [2.45, 2.75) is 64.1 Å². The largest absolute Gasteiger partial charge is 0.496 e. The number of carbonyl (C=O) groups is 1. The Morgan fingerprint density at radius 1 is 1.14 bits per heavy atom. The zero-order valence-corrected chi connectivity index (χ0v) is 18.3. The van der Waals surface area contributed by atoms with Gasteiger partial charge in [-0.3, -0.25) is 4.79 Å². The number of piperidine rings is 1. The number of benzene rings is 2. The molecule has 1 aliphatic carbocycles. The van der Waals surface area contributed by atoms with E-state index < -0.39 is 0 Å². The summed E-state index contributed by atoms with van der Waals surface area (Å²) in [6.07, 6.45) is 6.58. The lowest BCUT2D eigenvalue weighted by Gasteiger charge is -2.36. The Labute approximate surface area is 180 Å². The third kappa shape index (κ3) is 4.70. The van der Waals surface area contributed by atoms with Crippen molar-refractivity contribution >= 4 is 29.1 Å². The first-order valence-corrected chi connectivity index (χ1v) is 10.8. The first kappa shape index (κ1) is 21.9. The molecule has 1 saturated carbocycles. The molecule has 1 saturated heterocycles. The summed E-state index contributed by atoms with van der Waals surface area (Å²) in [6.45, 7) is 3.77. The SMILES string of the molecule is COc1ccc2ccccc2c1CN(C(=O)[C@H]1CCN[C@@H](C)C1)C1CCCC1.Cl. The summed E-state index contributed by atoms with van der Waals surface area (Å²) in [6, 6.07) is 13.3. The third-order valence-electron chi connectivity index (χ3n) is 6.57. The van der Waals surface area contributed by atoms with Crippen LogP contribution < -0.4 is 10.1 Å². The number of hydrogen-bond donors (Lipinski definition) is 1. The van der Waals surface area contributed by atoms with Crippen molar-refractivity contribution < 1.29 is 9.53 Å². The van der Waals surface area contributed by atoms with Crippen molar-refractivity contribution in [1.29, 1.82) is 0 Å². The van der Waals surface area contributed by atoms with Gasteiger partial charge in [0.1, 0.15) is 5.75 Å². The van der Waals surface area contributed by atoms with Crippen LogP contribution in [0, 0.1) is 5.92 Å². The second kappa shape index (κ2) is 9.82. The smallest absolute Gasteiger partial charge is 0.226 e. The highest BCUT2D eigenvalue weighted by molar-refractivity contribution is 5.88. The van der Waals surface area contributed by atoms with Crippen molar-refractivity contribution in [3.63, 3.8) is 0 Å². The lowest BCUT2D eigenvalue weighted by molar-refractivity contribution is -0.139. The molecular formula is C24H33ClN2O2. The molecule has 2 fully saturated rings. The minimum atomic E-state index is 0. The molecule has 1 amide bonds. The average Bonchev–Trinajstić information content (AvgIpc) is 3.26. The fourth-order valence-electron chi connectivity index (χ4n) is 5.03. The molecule has 0 bridgehead atoms. The number of ether oxygens (including phenoxy) is 1. The van der Waals surface area contributed by atoms with Gasteiger partial charge in [0.15, 0.2) is 0 Å². The normalized spacial score (nSPS) is 22.3. The van der Waals surface area contributed by atoms with E-state index in [1.165, 1.54) is 23.6 Å². The van der Waals surface area contributed by atoms with Crippen molar-refractivity contribution in [1.82, 2.24) is 10.2 Å². The predicted molar refractivity (Wildman–Crippen MR) is 121 cm³/mol. The highest BCUT2D eigenvalue weighted by Gasteiger charge is 2.34. The summed E-state index contributed by atoms with van der Waals surface area (Å²) >= 11 is 0. The molecule has 2 aliphatic rings. The van der Waals surface area contributed by atoms with E-state index in [0.717, 1.165) is 43.5 Å². The number of hydrogen-bond acceptors (Lipinski definition) is 3. The van der Waals surface area contributed by atoms with Gasteiger partial charge in [-0.25, -0.2) is 0 Å². The Morgan fingerprint density at radius 3 is 2.62 bits per heavy atom. The van der Waals surface area contributed by atoms with Gasteiger partial charge in [-0.2, -0.15) is 0 Å². The molecule has 1 N–H and O–H groups in total. The number of rotatable bonds is 5. The molecule has 2 atom stereocenters. The molecule has 1 heterocycles. The van der Waals surface area contributed by atoms with E-state index in [9.17, 15) is 4.79 Å². The number of fused-ring (bicyclic) bond motifs is 1. The van der Waals surface area contributed by atoms with E-state index in [1.54, 1.807) is 7.11 Å². The second-order valence-electron chi connectivity index (χ2n) is 8.45. The van der Waals surface area contributed by atoms with Gasteiger partial charge in [0.2, 0.25) is 5.91 Å². The molecular weight excluding hydrogens is 384 g/mol. The number of halogens is 1. The molecule has 0 radical (unpaired) electrons. The number of carbonyl (C=O) groups excluding carboxylic acids is 1. The predicted octanol–water partition coefficient (Wildman–Crippen LogP) is 4.93. The maximum atomic E-state index is 13.6. The molecule has 4 nitrogen and oxygen atoms in total. The molecule has 1 aliphatic heterocycles. The maximum absolute atomic E-state index is 13.6. The maximum Gasteiger partial charge on any atom is 0.226 e. The Bertz CT molecular complexity index is 835. The van der Waals surface area contributed by atoms with Gasteiger partial charge < -0.3 is 15.0 Å². The van der Waals surface area contributed by atoms with Crippen LogP contribution in [0.5, 0.6) is 5.75 Å². The lowest BCUT2D eigenvalue weighted by atomic mass is 9.91. The van der Waals surface area contributed by atoms with E-state index >= 15 is 0 Å². The fourth-order valence-corrected chi connectivity index (χ4v) is 5.03. The number of nitrogens with one attached hydrogen (secondary N) is 1. The van der Waals surface area contributed by atoms with Crippen molar-refractivity contribution in [2.75, 3.05) is 13.7 Å². The monoisotopic (exact) mass is 416 g/mol. The number of methoxy groups -OCH3 is 1. The van der Waals surface area contributed by atoms with Crippen LogP contribution in [-0.2, 0) is 11.3 Å². The first-order valence-electron chi connectivity index (χ1n) is 10.8. The summed E-state index contributed by atoms with van der Waals surface area (Å²) in [5.74, 6) is 1.36. The first-order chi connectivity index (χ1) is 13.7. The van der Waals surface area contributed by atoms with Crippen LogP contribution in [-0.4, -0.2) is 36.5 Å². The molecule has 2 aromatic carbocycles. The Balaban J connectivity index is 0.00000240. The molecule has 29 heavy (non-hydrogen) atoms. The summed E-state index contributed by atoms with van der Waals surface area (Å²) < 4.78 is 5.71. The standard InChI is InChI=1S/C24H32N2O2.ClH/c1-17-15-19(13-14-25-17)24(27)26(20-8-4-5-9-20)16-22-21-10-6-3-7-18(21)11-12-23(22)28-2;/h3,6-7,10-12,17,19-20,25H,4-5,8-9,13-16H2,1-2H3;1H/t17-,19-;/m0./s1. The van der Waals surface area contributed by atoms with Crippen LogP contribution in [0.4, 0.5) is 0 Å². The van der Waals surface area contributed by atoms with Crippen LogP contribution in [0.15, 0.2) is 36.4 Å². The van der Waals surface area contributed by atoms with E-state index in [-0.39, 0.29) is 18.3 Å². The van der Waals surface area contributed by atoms with Crippen LogP contribution in [0.3, 0.4) is 0 Å². The van der Waals surface area contributed by atoms with Gasteiger partial charge in [0.05, 0.1) is 13.7 Å². The van der Waals surface area contributed by atoms with E-state index in [1.807, 2.05) is 6.07 Å². The Kier molecular flexibility index (Phi) is 7.42. The van der Waals surface area contributed by atoms with Crippen LogP contribution in [0.2, 0.25) is 0 Å². The molecule has 0 spiro atoms. The van der Waals surface area contributed by atoms with Gasteiger partial charge in [-0.05, 0) is 56.0 Å². The van der Waals surface area contributed by atoms with Gasteiger partial charge in [-0.1, -0.05) is 43.2 Å². The van der Waals surface area contributed by atoms with Gasteiger partial charge in [-0.15, -0.1) is 12.4 Å². The summed E-state index contributed by atoms with van der Waals surface area (Å²) in [4.78, 5) is 15.8. The zero-order valence-electron chi connectivity index (χ0n) is 17.5. The van der Waals surface area contributed by atoms with E-state index in [2.05, 4.69) is 47.5 Å². The summed E-state index contributed by atoms with van der Waals surface area (Å²) in [5.41, 5.74) is 1.14. The summed E-state index contributed by atoms with van der Waals surface area (Å²) in [5, 5.41) is 5.87. The zero-order chi connectivity index (χ0) is 19.5. The van der Waals surface area contributed by atoms with Gasteiger partial charge in [0.25, 0.3) is 0 Å². The van der Waals surface area contributed by atoms with E-state index in [4.69, 9.17) is 4.74 Å². The van der Waals surface area contributed by atoms with Crippen molar-refractivity contribution in [2.24, 2.45) is 5.92 Å². The van der Waals surface area contributed by atoms with E-state index in [0.29, 0.717) is 24.5 Å². The molecule has 0 aromatic heterocycles. The topological polar surface area (TPSA) is 41.6 Å². The molecule has 158 valence electrons. The van der Waals surface area contributed by atoms with Gasteiger partial charge in [0, 0.05) is 23.6 Å². The molecule has 5 heteroatoms. The lowest BCUT2D eigenvalue weighted by Crippen LogP contribution is -2.47. The quantitative estimate of drug-likeness (QED) is 0.751. The number of amides is 1. The average molecular weight is 417 g/mol. The molecule has 4 rings (SSSR count). The third-order valence-corrected chi connectivity index (χ3v) is 6.57. The Morgan fingerprint density at radius 2 is 1.90 bits per heavy atom. The van der Waals surface area contributed by atoms with Crippen LogP contribution >= 0.6 is 12.4 Å². The van der Waals surface area contributed by atoms with Crippen molar-refractivity contribution in [3.05, 3.63) is 42.0 Å². The minimum absolute atomic E-state index is 0. The molecule has 2 aromatic rings. The second-order valence-corrected chi connectivity index (χ2v) is 8.45. The molecule has 0 unspecified atom stereocenters. The Hall–Kier alpha value is -1.78. The fraction of sp³-hybridized carbons (Fsp3) is 0.542. The highest BCUT2D eigenvalue weighted by atomic mass is 35.5. The summed E-state index contributed by atoms with van der Waals surface area (Å²) in [7, 11) is 1.73. The van der Waals surface area contributed by atoms with Crippen LogP contribution in [0.25, 0.3) is 10.8 Å². The minimum Gasteiger partial charge on any atom is -0.496 e. The highest BCUT2D eigenvalue weighted by Crippen LogP contribution is 2.34. The van der Waals surface area contributed by atoms with Crippen molar-refractivity contribution in [3.8, 4) is 5.75 Å². The van der Waals surface area contributed by atoms with Gasteiger partial charge >= 0.3 is 0 Å².